The minimum absolute atomic E-state index is 0.0272. The van der Waals surface area contributed by atoms with Gasteiger partial charge in [0.2, 0.25) is 5.91 Å². The standard InChI is InChI=1S/C10H8ClNS.C10H12N2O.C2H6/c1-7-6-13-9-5-3-2-4-8(9)10(11)12-7;1-2-5-10(13)12-8-9-6-3-4-7-11-9;1-2/h2-6H,1H3;2-4,6-7H,1,5,8H2,(H,12,13);1-2H3. The zero-order chi connectivity index (χ0) is 20.8. The molecule has 1 aromatic heterocycles. The molecule has 3 rings (SSSR count). The van der Waals surface area contributed by atoms with E-state index in [1.807, 2.05) is 68.6 Å². The molecule has 28 heavy (non-hydrogen) atoms. The maximum Gasteiger partial charge on any atom is 0.224 e. The Morgan fingerprint density at radius 1 is 1.21 bits per heavy atom. The van der Waals surface area contributed by atoms with E-state index < -0.39 is 0 Å². The van der Waals surface area contributed by atoms with Crippen molar-refractivity contribution in [2.24, 2.45) is 4.99 Å². The Morgan fingerprint density at radius 2 is 1.93 bits per heavy atom. The Balaban J connectivity index is 0.000000257. The topological polar surface area (TPSA) is 54.4 Å². The van der Waals surface area contributed by atoms with Crippen LogP contribution in [0.2, 0.25) is 0 Å². The summed E-state index contributed by atoms with van der Waals surface area (Å²) in [5, 5.41) is 5.31. The van der Waals surface area contributed by atoms with Crippen LogP contribution in [0, 0.1) is 0 Å². The number of nitrogens with one attached hydrogen (secondary N) is 1. The number of halogens is 1. The molecule has 2 aromatic rings. The molecular weight excluding hydrogens is 390 g/mol. The zero-order valence-corrected chi connectivity index (χ0v) is 18.1. The number of benzene rings is 1. The number of pyridine rings is 1. The second kappa shape index (κ2) is 13.7. The van der Waals surface area contributed by atoms with Crippen molar-refractivity contribution < 1.29 is 4.79 Å². The van der Waals surface area contributed by atoms with Crippen LogP contribution in [0.4, 0.5) is 0 Å². The molecule has 1 aliphatic heterocycles. The molecule has 1 amide bonds. The van der Waals surface area contributed by atoms with Crippen LogP contribution in [0.3, 0.4) is 0 Å². The third-order valence-corrected chi connectivity index (χ3v) is 4.62. The van der Waals surface area contributed by atoms with Gasteiger partial charge in [-0.05, 0) is 30.5 Å². The van der Waals surface area contributed by atoms with Crippen LogP contribution in [0.5, 0.6) is 0 Å². The van der Waals surface area contributed by atoms with Crippen LogP contribution in [-0.4, -0.2) is 16.1 Å². The molecular formula is C22H26ClN3OS. The van der Waals surface area contributed by atoms with Crippen LogP contribution in [0.15, 0.2) is 82.3 Å². The second-order valence-electron chi connectivity index (χ2n) is 5.37. The highest BCUT2D eigenvalue weighted by atomic mass is 35.5. The Hall–Kier alpha value is -2.37. The highest BCUT2D eigenvalue weighted by Crippen LogP contribution is 2.29. The van der Waals surface area contributed by atoms with Crippen LogP contribution in [-0.2, 0) is 11.3 Å². The first-order valence-corrected chi connectivity index (χ1v) is 10.3. The lowest BCUT2D eigenvalue weighted by Gasteiger charge is -2.01. The number of thioether (sulfide) groups is 1. The maximum absolute atomic E-state index is 11.0. The molecule has 1 aromatic carbocycles. The number of aliphatic imine (C=N–C) groups is 1. The lowest BCUT2D eigenvalue weighted by atomic mass is 10.2. The van der Waals surface area contributed by atoms with Gasteiger partial charge >= 0.3 is 0 Å². The van der Waals surface area contributed by atoms with E-state index >= 15 is 0 Å². The molecule has 1 N–H and O–H groups in total. The van der Waals surface area contributed by atoms with Crippen molar-refractivity contribution in [2.75, 3.05) is 0 Å². The van der Waals surface area contributed by atoms with Crippen LogP contribution in [0.1, 0.15) is 38.4 Å². The van der Waals surface area contributed by atoms with Crippen molar-refractivity contribution in [1.29, 1.82) is 0 Å². The van der Waals surface area contributed by atoms with E-state index in [0.717, 1.165) is 21.8 Å². The van der Waals surface area contributed by atoms with Gasteiger partial charge in [-0.2, -0.15) is 0 Å². The summed E-state index contributed by atoms with van der Waals surface area (Å²) in [6.45, 7) is 9.90. The highest BCUT2D eigenvalue weighted by Gasteiger charge is 2.09. The van der Waals surface area contributed by atoms with Crippen LogP contribution < -0.4 is 5.32 Å². The van der Waals surface area contributed by atoms with Crippen molar-refractivity contribution in [3.8, 4) is 0 Å². The van der Waals surface area contributed by atoms with Crippen LogP contribution >= 0.6 is 23.4 Å². The third kappa shape index (κ3) is 8.55. The van der Waals surface area contributed by atoms with E-state index in [1.165, 1.54) is 0 Å². The molecule has 0 spiro atoms. The number of allylic oxidation sites excluding steroid dienone is 1. The van der Waals surface area contributed by atoms with Gasteiger partial charge in [0, 0.05) is 28.8 Å². The molecule has 0 atom stereocenters. The molecule has 148 valence electrons. The lowest BCUT2D eigenvalue weighted by Crippen LogP contribution is -2.22. The van der Waals surface area contributed by atoms with Gasteiger partial charge in [0.05, 0.1) is 12.2 Å². The van der Waals surface area contributed by atoms with E-state index in [4.69, 9.17) is 11.6 Å². The minimum Gasteiger partial charge on any atom is -0.350 e. The van der Waals surface area contributed by atoms with Crippen molar-refractivity contribution in [2.45, 2.75) is 38.6 Å². The quantitative estimate of drug-likeness (QED) is 0.628. The molecule has 0 saturated heterocycles. The molecule has 0 fully saturated rings. The van der Waals surface area contributed by atoms with E-state index in [1.54, 1.807) is 24.0 Å². The maximum atomic E-state index is 11.0. The summed E-state index contributed by atoms with van der Waals surface area (Å²) >= 11 is 7.70. The van der Waals surface area contributed by atoms with Crippen molar-refractivity contribution in [3.63, 3.8) is 0 Å². The Bertz CT molecular complexity index is 820. The predicted octanol–water partition coefficient (Wildman–Crippen LogP) is 5.94. The number of fused-ring (bicyclic) bond motifs is 1. The Kier molecular flexibility index (Phi) is 11.6. The summed E-state index contributed by atoms with van der Waals surface area (Å²) < 4.78 is 0. The van der Waals surface area contributed by atoms with Gasteiger partial charge in [0.15, 0.2) is 0 Å². The van der Waals surface area contributed by atoms with Gasteiger partial charge in [0.25, 0.3) is 0 Å². The molecule has 0 aliphatic carbocycles. The molecule has 0 bridgehead atoms. The van der Waals surface area contributed by atoms with Gasteiger partial charge in [-0.1, -0.05) is 67.6 Å². The monoisotopic (exact) mass is 415 g/mol. The highest BCUT2D eigenvalue weighted by molar-refractivity contribution is 8.02. The summed E-state index contributed by atoms with van der Waals surface area (Å²) in [6, 6.07) is 13.6. The normalized spacial score (nSPS) is 11.7. The largest absolute Gasteiger partial charge is 0.350 e. The number of aromatic nitrogens is 1. The molecule has 0 unspecified atom stereocenters. The Morgan fingerprint density at radius 3 is 2.61 bits per heavy atom. The molecule has 0 saturated carbocycles. The fraction of sp³-hybridized carbons (Fsp3) is 0.227. The van der Waals surface area contributed by atoms with Gasteiger partial charge < -0.3 is 5.32 Å². The Labute approximate surface area is 176 Å². The first kappa shape index (κ1) is 23.7. The number of amides is 1. The van der Waals surface area contributed by atoms with Crippen molar-refractivity contribution >= 4 is 34.4 Å². The number of rotatable bonds is 4. The minimum atomic E-state index is -0.0272. The van der Waals surface area contributed by atoms with Crippen LogP contribution in [0.25, 0.3) is 0 Å². The number of carbonyl (C=O) groups excluding carboxylic acids is 1. The van der Waals surface area contributed by atoms with E-state index in [0.29, 0.717) is 18.1 Å². The molecule has 0 radical (unpaired) electrons. The number of nitrogens with zero attached hydrogens (tertiary/aromatic N) is 2. The predicted molar refractivity (Wildman–Crippen MR) is 121 cm³/mol. The van der Waals surface area contributed by atoms with Crippen molar-refractivity contribution in [3.05, 3.63) is 83.7 Å². The van der Waals surface area contributed by atoms with Gasteiger partial charge in [0.1, 0.15) is 5.17 Å². The van der Waals surface area contributed by atoms with Gasteiger partial charge in [-0.3, -0.25) is 9.78 Å². The summed E-state index contributed by atoms with van der Waals surface area (Å²) in [7, 11) is 0. The molecule has 4 nitrogen and oxygen atoms in total. The summed E-state index contributed by atoms with van der Waals surface area (Å²) in [4.78, 5) is 20.5. The summed E-state index contributed by atoms with van der Waals surface area (Å²) in [5.74, 6) is -0.0272. The SMILES string of the molecule is C=CCC(=O)NCc1ccccn1.CC.CC1=CSc2ccccc2C(Cl)=N1. The molecule has 2 heterocycles. The van der Waals surface area contributed by atoms with Gasteiger partial charge in [-0.25, -0.2) is 4.99 Å². The third-order valence-electron chi connectivity index (χ3n) is 3.26. The second-order valence-corrected chi connectivity index (χ2v) is 6.64. The van der Waals surface area contributed by atoms with Crippen molar-refractivity contribution in [1.82, 2.24) is 10.3 Å². The smallest absolute Gasteiger partial charge is 0.224 e. The average molecular weight is 416 g/mol. The van der Waals surface area contributed by atoms with E-state index in [2.05, 4.69) is 21.9 Å². The van der Waals surface area contributed by atoms with Gasteiger partial charge in [-0.15, -0.1) is 6.58 Å². The van der Waals surface area contributed by atoms with E-state index in [-0.39, 0.29) is 5.91 Å². The number of hydrogen-bond acceptors (Lipinski definition) is 4. The fourth-order valence-electron chi connectivity index (χ4n) is 2.03. The molecule has 1 aliphatic rings. The first-order chi connectivity index (χ1) is 13.6. The number of hydrogen-bond donors (Lipinski definition) is 1. The average Bonchev–Trinajstić information content (AvgIpc) is 2.88. The first-order valence-electron chi connectivity index (χ1n) is 9.04. The zero-order valence-electron chi connectivity index (χ0n) is 16.5. The lowest BCUT2D eigenvalue weighted by molar-refractivity contribution is -0.120. The fourth-order valence-corrected chi connectivity index (χ4v) is 3.18. The molecule has 6 heteroatoms. The van der Waals surface area contributed by atoms with E-state index in [9.17, 15) is 4.79 Å². The number of carbonyl (C=O) groups is 1. The summed E-state index contributed by atoms with van der Waals surface area (Å²) in [5.41, 5.74) is 2.83. The summed E-state index contributed by atoms with van der Waals surface area (Å²) in [6.07, 6.45) is 3.63.